The van der Waals surface area contributed by atoms with Crippen molar-refractivity contribution in [3.8, 4) is 0 Å². The van der Waals surface area contributed by atoms with E-state index in [4.69, 9.17) is 0 Å². The Morgan fingerprint density at radius 2 is 1.68 bits per heavy atom. The molecule has 0 radical (unpaired) electrons. The first-order valence-corrected chi connectivity index (χ1v) is 7.88. The number of rotatable bonds is 6. The summed E-state index contributed by atoms with van der Waals surface area (Å²) in [4.78, 5) is 1.26. The lowest BCUT2D eigenvalue weighted by Crippen LogP contribution is -2.47. The van der Waals surface area contributed by atoms with Crippen molar-refractivity contribution in [3.63, 3.8) is 0 Å². The van der Waals surface area contributed by atoms with E-state index >= 15 is 0 Å². The molecule has 3 heteroatoms. The number of hydrogen-bond acceptors (Lipinski definition) is 3. The molecule has 1 aromatic carbocycles. The summed E-state index contributed by atoms with van der Waals surface area (Å²) in [6, 6.07) is 8.75. The van der Waals surface area contributed by atoms with E-state index in [1.807, 2.05) is 0 Å². The van der Waals surface area contributed by atoms with E-state index in [0.29, 0.717) is 0 Å². The zero-order valence-electron chi connectivity index (χ0n) is 12.8. The van der Waals surface area contributed by atoms with Gasteiger partial charge in [0, 0.05) is 16.2 Å². The second-order valence-corrected chi connectivity index (χ2v) is 7.36. The van der Waals surface area contributed by atoms with Gasteiger partial charge in [0.25, 0.3) is 0 Å². The Hall–Kier alpha value is -0.510. The highest BCUT2D eigenvalue weighted by molar-refractivity contribution is 7.99. The van der Waals surface area contributed by atoms with Gasteiger partial charge in [-0.3, -0.25) is 0 Å². The van der Waals surface area contributed by atoms with Gasteiger partial charge in [-0.15, -0.1) is 11.8 Å². The molecule has 108 valence electrons. The Morgan fingerprint density at radius 1 is 1.11 bits per heavy atom. The largest absolute Gasteiger partial charge is 0.394 e. The van der Waals surface area contributed by atoms with Crippen LogP contribution in [0.4, 0.5) is 0 Å². The van der Waals surface area contributed by atoms with Crippen LogP contribution >= 0.6 is 11.8 Å². The molecule has 19 heavy (non-hydrogen) atoms. The summed E-state index contributed by atoms with van der Waals surface area (Å²) in [6.45, 7) is 11.8. The van der Waals surface area contributed by atoms with Gasteiger partial charge in [-0.05, 0) is 36.6 Å². The topological polar surface area (TPSA) is 32.3 Å². The smallest absolute Gasteiger partial charge is 0.0618 e. The Kier molecular flexibility index (Phi) is 5.90. The van der Waals surface area contributed by atoms with Crippen molar-refractivity contribution in [3.05, 3.63) is 29.8 Å². The van der Waals surface area contributed by atoms with E-state index in [9.17, 15) is 5.11 Å². The normalized spacial score (nSPS) is 15.3. The van der Waals surface area contributed by atoms with E-state index in [1.165, 1.54) is 10.5 Å². The van der Waals surface area contributed by atoms with Crippen LogP contribution in [0.2, 0.25) is 0 Å². The maximum absolute atomic E-state index is 9.47. The molecule has 0 fully saturated rings. The van der Waals surface area contributed by atoms with Crippen LogP contribution in [0.5, 0.6) is 0 Å². The summed E-state index contributed by atoms with van der Waals surface area (Å²) in [5, 5.41) is 12.8. The van der Waals surface area contributed by atoms with E-state index < -0.39 is 0 Å². The number of hydrogen-bond donors (Lipinski definition) is 2. The van der Waals surface area contributed by atoms with Crippen LogP contribution in [-0.4, -0.2) is 29.5 Å². The first-order valence-electron chi connectivity index (χ1n) is 6.90. The molecular formula is C16H27NOS. The van der Waals surface area contributed by atoms with Gasteiger partial charge in [-0.2, -0.15) is 0 Å². The minimum absolute atomic E-state index is 0.161. The monoisotopic (exact) mass is 281 g/mol. The number of nitrogens with one attached hydrogen (secondary N) is 1. The lowest BCUT2D eigenvalue weighted by molar-refractivity contribution is 0.194. The fourth-order valence-electron chi connectivity index (χ4n) is 1.87. The predicted octanol–water partition coefficient (Wildman–Crippen LogP) is 3.44. The Morgan fingerprint density at radius 3 is 2.11 bits per heavy atom. The molecule has 0 aliphatic heterocycles. The highest BCUT2D eigenvalue weighted by atomic mass is 32.2. The van der Waals surface area contributed by atoms with Gasteiger partial charge in [0.15, 0.2) is 0 Å². The van der Waals surface area contributed by atoms with Gasteiger partial charge in [-0.1, -0.05) is 39.8 Å². The average Bonchev–Trinajstić information content (AvgIpc) is 2.36. The van der Waals surface area contributed by atoms with Crippen LogP contribution in [0.15, 0.2) is 29.2 Å². The van der Waals surface area contributed by atoms with Crippen LogP contribution < -0.4 is 5.32 Å². The van der Waals surface area contributed by atoms with Crippen LogP contribution in [-0.2, 0) is 5.41 Å². The van der Waals surface area contributed by atoms with Gasteiger partial charge in [0.2, 0.25) is 0 Å². The van der Waals surface area contributed by atoms with Crippen LogP contribution in [0.25, 0.3) is 0 Å². The quantitative estimate of drug-likeness (QED) is 0.784. The predicted molar refractivity (Wildman–Crippen MR) is 85.0 cm³/mol. The zero-order chi connectivity index (χ0) is 14.5. The molecule has 0 saturated heterocycles. The van der Waals surface area contributed by atoms with Gasteiger partial charge >= 0.3 is 0 Å². The van der Waals surface area contributed by atoms with Crippen molar-refractivity contribution < 1.29 is 5.11 Å². The molecule has 0 aliphatic carbocycles. The van der Waals surface area contributed by atoms with Crippen molar-refractivity contribution in [2.24, 2.45) is 0 Å². The second-order valence-electron chi connectivity index (χ2n) is 6.31. The third-order valence-electron chi connectivity index (χ3n) is 3.23. The Labute approximate surface area is 122 Å². The molecule has 1 aromatic rings. The maximum Gasteiger partial charge on any atom is 0.0618 e. The van der Waals surface area contributed by atoms with Crippen molar-refractivity contribution >= 4 is 11.8 Å². The Bertz CT molecular complexity index is 383. The fraction of sp³-hybridized carbons (Fsp3) is 0.625. The minimum Gasteiger partial charge on any atom is -0.394 e. The summed E-state index contributed by atoms with van der Waals surface area (Å²) in [6.07, 6.45) is 0. The number of aliphatic hydroxyl groups excluding tert-OH is 1. The first-order chi connectivity index (χ1) is 8.80. The summed E-state index contributed by atoms with van der Waals surface area (Å²) >= 11 is 1.79. The van der Waals surface area contributed by atoms with E-state index in [0.717, 1.165) is 12.3 Å². The molecule has 0 aliphatic rings. The standard InChI is InChI=1S/C16H27NOS/c1-6-17-16(5,11-18)12-19-14-9-7-13(8-10-14)15(2,3)4/h7-10,17-18H,6,11-12H2,1-5H3. The van der Waals surface area contributed by atoms with Crippen LogP contribution in [0.1, 0.15) is 40.2 Å². The zero-order valence-corrected chi connectivity index (χ0v) is 13.6. The van der Waals surface area contributed by atoms with E-state index in [-0.39, 0.29) is 17.6 Å². The highest BCUT2D eigenvalue weighted by Crippen LogP contribution is 2.27. The highest BCUT2D eigenvalue weighted by Gasteiger charge is 2.22. The molecule has 2 N–H and O–H groups in total. The summed E-state index contributed by atoms with van der Waals surface area (Å²) < 4.78 is 0. The lowest BCUT2D eigenvalue weighted by Gasteiger charge is -2.28. The van der Waals surface area contributed by atoms with E-state index in [2.05, 4.69) is 64.2 Å². The number of thioether (sulfide) groups is 1. The molecule has 0 bridgehead atoms. The average molecular weight is 281 g/mol. The maximum atomic E-state index is 9.47. The summed E-state index contributed by atoms with van der Waals surface area (Å²) in [7, 11) is 0. The Balaban J connectivity index is 2.64. The molecule has 0 amide bonds. The van der Waals surface area contributed by atoms with Crippen LogP contribution in [0.3, 0.4) is 0 Å². The lowest BCUT2D eigenvalue weighted by atomic mass is 9.87. The van der Waals surface area contributed by atoms with Crippen molar-refractivity contribution in [2.75, 3.05) is 18.9 Å². The molecule has 2 nitrogen and oxygen atoms in total. The van der Waals surface area contributed by atoms with Gasteiger partial charge < -0.3 is 10.4 Å². The SMILES string of the molecule is CCNC(C)(CO)CSc1ccc(C(C)(C)C)cc1. The molecular weight excluding hydrogens is 254 g/mol. The summed E-state index contributed by atoms with van der Waals surface area (Å²) in [5.74, 6) is 0.867. The summed E-state index contributed by atoms with van der Waals surface area (Å²) in [5.41, 5.74) is 1.35. The first kappa shape index (κ1) is 16.5. The number of benzene rings is 1. The van der Waals surface area contributed by atoms with Gasteiger partial charge in [0.1, 0.15) is 0 Å². The number of aliphatic hydroxyl groups is 1. The van der Waals surface area contributed by atoms with Crippen molar-refractivity contribution in [2.45, 2.75) is 50.5 Å². The number of likely N-dealkylation sites (N-methyl/N-ethyl adjacent to an activating group) is 1. The molecule has 1 atom stereocenters. The fourth-order valence-corrected chi connectivity index (χ4v) is 2.88. The molecule has 0 saturated carbocycles. The van der Waals surface area contributed by atoms with Crippen LogP contribution in [0, 0.1) is 0 Å². The van der Waals surface area contributed by atoms with Crippen molar-refractivity contribution in [1.82, 2.24) is 5.32 Å². The third kappa shape index (κ3) is 5.17. The molecule has 0 aromatic heterocycles. The third-order valence-corrected chi connectivity index (χ3v) is 4.62. The van der Waals surface area contributed by atoms with Gasteiger partial charge in [0.05, 0.1) is 6.61 Å². The second kappa shape index (κ2) is 6.78. The minimum atomic E-state index is -0.206. The van der Waals surface area contributed by atoms with Crippen molar-refractivity contribution in [1.29, 1.82) is 0 Å². The molecule has 0 heterocycles. The van der Waals surface area contributed by atoms with E-state index in [1.54, 1.807) is 11.8 Å². The molecule has 1 rings (SSSR count). The molecule has 0 spiro atoms. The van der Waals surface area contributed by atoms with Gasteiger partial charge in [-0.25, -0.2) is 0 Å². The molecule has 1 unspecified atom stereocenters.